The molecule has 3 rings (SSSR count). The molecular weight excluding hydrogens is 304 g/mol. The van der Waals surface area contributed by atoms with Crippen molar-refractivity contribution in [3.63, 3.8) is 0 Å². The third kappa shape index (κ3) is 4.13. The Morgan fingerprint density at radius 2 is 1.92 bits per heavy atom. The number of aliphatic hydroxyl groups excluding tert-OH is 1. The summed E-state index contributed by atoms with van der Waals surface area (Å²) in [6.45, 7) is 2.50. The van der Waals surface area contributed by atoms with E-state index in [1.165, 1.54) is 0 Å². The summed E-state index contributed by atoms with van der Waals surface area (Å²) in [6.07, 6.45) is -0.547. The molecule has 2 N–H and O–H groups in total. The molecular formula is C19H22N2O3. The lowest BCUT2D eigenvalue weighted by Gasteiger charge is -2.23. The van der Waals surface area contributed by atoms with Crippen LogP contribution in [-0.4, -0.2) is 48.2 Å². The average Bonchev–Trinajstić information content (AvgIpc) is 2.85. The minimum atomic E-state index is -0.547. The third-order valence-electron chi connectivity index (χ3n) is 4.01. The van der Waals surface area contributed by atoms with Crippen LogP contribution < -0.4 is 10.1 Å². The zero-order valence-corrected chi connectivity index (χ0v) is 13.5. The Morgan fingerprint density at radius 3 is 2.75 bits per heavy atom. The van der Waals surface area contributed by atoms with E-state index in [1.807, 2.05) is 48.5 Å². The van der Waals surface area contributed by atoms with E-state index in [-0.39, 0.29) is 5.91 Å². The fourth-order valence-corrected chi connectivity index (χ4v) is 2.75. The number of carbonyl (C=O) groups is 1. The molecule has 1 atom stereocenters. The molecule has 1 aliphatic heterocycles. The second kappa shape index (κ2) is 7.95. The summed E-state index contributed by atoms with van der Waals surface area (Å²) in [4.78, 5) is 14.5. The lowest BCUT2D eigenvalue weighted by molar-refractivity contribution is 0.0668. The van der Waals surface area contributed by atoms with Gasteiger partial charge in [-0.3, -0.25) is 4.79 Å². The van der Waals surface area contributed by atoms with Crippen LogP contribution in [0.1, 0.15) is 15.9 Å². The van der Waals surface area contributed by atoms with Gasteiger partial charge in [0.25, 0.3) is 5.91 Å². The molecule has 0 spiro atoms. The second-order valence-corrected chi connectivity index (χ2v) is 5.88. The van der Waals surface area contributed by atoms with Crippen molar-refractivity contribution in [2.24, 2.45) is 0 Å². The molecule has 5 heteroatoms. The predicted molar refractivity (Wildman–Crippen MR) is 92.0 cm³/mol. The average molecular weight is 326 g/mol. The topological polar surface area (TPSA) is 61.8 Å². The van der Waals surface area contributed by atoms with Crippen LogP contribution in [0.2, 0.25) is 0 Å². The van der Waals surface area contributed by atoms with Crippen LogP contribution in [0.15, 0.2) is 54.6 Å². The Kier molecular flexibility index (Phi) is 5.46. The second-order valence-electron chi connectivity index (χ2n) is 5.88. The van der Waals surface area contributed by atoms with E-state index in [0.29, 0.717) is 44.1 Å². The third-order valence-corrected chi connectivity index (χ3v) is 4.01. The highest BCUT2D eigenvalue weighted by Crippen LogP contribution is 2.21. The summed E-state index contributed by atoms with van der Waals surface area (Å²) in [7, 11) is 0. The number of aliphatic hydroxyl groups is 1. The molecule has 0 aromatic heterocycles. The Labute approximate surface area is 141 Å². The number of benzene rings is 2. The first-order chi connectivity index (χ1) is 11.7. The number of carbonyl (C=O) groups excluding carboxylic acids is 1. The first-order valence-corrected chi connectivity index (χ1v) is 8.18. The minimum absolute atomic E-state index is 0.110. The van der Waals surface area contributed by atoms with Crippen molar-refractivity contribution in [3.8, 4) is 5.75 Å². The molecule has 2 aromatic carbocycles. The van der Waals surface area contributed by atoms with Crippen molar-refractivity contribution in [1.29, 1.82) is 0 Å². The van der Waals surface area contributed by atoms with Crippen LogP contribution in [0.4, 0.5) is 0 Å². The zero-order chi connectivity index (χ0) is 16.8. The molecule has 24 heavy (non-hydrogen) atoms. The number of amides is 1. The number of β-amino-alcohol motifs (C(OH)–C–C–N with tert-alkyl or cyclic N) is 1. The van der Waals surface area contributed by atoms with E-state index in [1.54, 1.807) is 11.0 Å². The number of rotatable bonds is 4. The van der Waals surface area contributed by atoms with Gasteiger partial charge in [0.05, 0.1) is 11.7 Å². The maximum absolute atomic E-state index is 12.8. The van der Waals surface area contributed by atoms with Crippen LogP contribution in [0.3, 0.4) is 0 Å². The summed E-state index contributed by atoms with van der Waals surface area (Å²) in [5.41, 5.74) is 1.58. The number of hydrogen-bond donors (Lipinski definition) is 2. The van der Waals surface area contributed by atoms with Gasteiger partial charge in [-0.2, -0.15) is 0 Å². The normalized spacial score (nSPS) is 18.0. The number of nitrogens with zero attached hydrogens (tertiary/aromatic N) is 1. The molecule has 2 aromatic rings. The molecule has 5 nitrogen and oxygen atoms in total. The molecule has 0 unspecified atom stereocenters. The van der Waals surface area contributed by atoms with Gasteiger partial charge in [0, 0.05) is 26.2 Å². The van der Waals surface area contributed by atoms with Crippen LogP contribution in [0.25, 0.3) is 0 Å². The lowest BCUT2D eigenvalue weighted by atomic mass is 10.1. The summed E-state index contributed by atoms with van der Waals surface area (Å²) >= 11 is 0. The van der Waals surface area contributed by atoms with Gasteiger partial charge in [-0.1, -0.05) is 42.5 Å². The van der Waals surface area contributed by atoms with Crippen molar-refractivity contribution in [2.45, 2.75) is 12.7 Å². The SMILES string of the molecule is O=C(c1ccccc1OCc1ccccc1)N1CCNC[C@@H](O)C1. The van der Waals surface area contributed by atoms with Crippen molar-refractivity contribution < 1.29 is 14.6 Å². The fourth-order valence-electron chi connectivity index (χ4n) is 2.75. The molecule has 126 valence electrons. The van der Waals surface area contributed by atoms with Gasteiger partial charge in [0.15, 0.2) is 0 Å². The summed E-state index contributed by atoms with van der Waals surface area (Å²) in [6, 6.07) is 17.1. The summed E-state index contributed by atoms with van der Waals surface area (Å²) in [5.74, 6) is 0.458. The monoisotopic (exact) mass is 326 g/mol. The Balaban J connectivity index is 1.74. The summed E-state index contributed by atoms with van der Waals surface area (Å²) in [5, 5.41) is 13.0. The zero-order valence-electron chi connectivity index (χ0n) is 13.5. The Hall–Kier alpha value is -2.37. The number of nitrogens with one attached hydrogen (secondary N) is 1. The van der Waals surface area contributed by atoms with Crippen LogP contribution in [-0.2, 0) is 6.61 Å². The molecule has 1 aliphatic rings. The van der Waals surface area contributed by atoms with Gasteiger partial charge < -0.3 is 20.1 Å². The van der Waals surface area contributed by atoms with Crippen molar-refractivity contribution in [2.75, 3.05) is 26.2 Å². The smallest absolute Gasteiger partial charge is 0.257 e. The predicted octanol–water partition coefficient (Wildman–Crippen LogP) is 1.67. The lowest BCUT2D eigenvalue weighted by Crippen LogP contribution is -2.37. The molecule has 1 fully saturated rings. The van der Waals surface area contributed by atoms with E-state index in [4.69, 9.17) is 4.74 Å². The van der Waals surface area contributed by atoms with Gasteiger partial charge >= 0.3 is 0 Å². The van der Waals surface area contributed by atoms with Gasteiger partial charge in [0.2, 0.25) is 0 Å². The Bertz CT molecular complexity index is 675. The number of para-hydroxylation sites is 1. The highest BCUT2D eigenvalue weighted by atomic mass is 16.5. The van der Waals surface area contributed by atoms with Crippen molar-refractivity contribution in [1.82, 2.24) is 10.2 Å². The minimum Gasteiger partial charge on any atom is -0.488 e. The van der Waals surface area contributed by atoms with Gasteiger partial charge in [0.1, 0.15) is 12.4 Å². The van der Waals surface area contributed by atoms with Gasteiger partial charge in [-0.25, -0.2) is 0 Å². The maximum Gasteiger partial charge on any atom is 0.257 e. The van der Waals surface area contributed by atoms with E-state index in [0.717, 1.165) is 5.56 Å². The summed E-state index contributed by atoms with van der Waals surface area (Å²) < 4.78 is 5.87. The molecule has 0 bridgehead atoms. The van der Waals surface area contributed by atoms with Gasteiger partial charge in [-0.05, 0) is 17.7 Å². The quantitative estimate of drug-likeness (QED) is 0.897. The van der Waals surface area contributed by atoms with E-state index in [2.05, 4.69) is 5.32 Å². The largest absolute Gasteiger partial charge is 0.488 e. The highest BCUT2D eigenvalue weighted by molar-refractivity contribution is 5.97. The Morgan fingerprint density at radius 1 is 1.17 bits per heavy atom. The van der Waals surface area contributed by atoms with E-state index in [9.17, 15) is 9.90 Å². The van der Waals surface area contributed by atoms with Crippen molar-refractivity contribution in [3.05, 3.63) is 65.7 Å². The fraction of sp³-hybridized carbons (Fsp3) is 0.316. The number of hydrogen-bond acceptors (Lipinski definition) is 4. The van der Waals surface area contributed by atoms with E-state index < -0.39 is 6.10 Å². The first-order valence-electron chi connectivity index (χ1n) is 8.18. The molecule has 1 heterocycles. The van der Waals surface area contributed by atoms with Gasteiger partial charge in [-0.15, -0.1) is 0 Å². The van der Waals surface area contributed by atoms with Crippen LogP contribution in [0, 0.1) is 0 Å². The standard InChI is InChI=1S/C19H22N2O3/c22-16-12-20-10-11-21(13-16)19(23)17-8-4-5-9-18(17)24-14-15-6-2-1-3-7-15/h1-9,16,20,22H,10-14H2/t16-/m1/s1. The first kappa shape index (κ1) is 16.5. The number of ether oxygens (including phenoxy) is 1. The molecule has 0 radical (unpaired) electrons. The van der Waals surface area contributed by atoms with Crippen LogP contribution in [0.5, 0.6) is 5.75 Å². The van der Waals surface area contributed by atoms with Crippen molar-refractivity contribution >= 4 is 5.91 Å². The highest BCUT2D eigenvalue weighted by Gasteiger charge is 2.23. The molecule has 0 saturated carbocycles. The molecule has 1 amide bonds. The maximum atomic E-state index is 12.8. The molecule has 1 saturated heterocycles. The van der Waals surface area contributed by atoms with E-state index >= 15 is 0 Å². The molecule has 0 aliphatic carbocycles. The van der Waals surface area contributed by atoms with Crippen LogP contribution >= 0.6 is 0 Å².